The van der Waals surface area contributed by atoms with Gasteiger partial charge in [0, 0.05) is 51.4 Å². The maximum absolute atomic E-state index is 11.4. The smallest absolute Gasteiger partial charge is 0.317 e. The lowest BCUT2D eigenvalue weighted by Crippen LogP contribution is -2.58. The Labute approximate surface area is 162 Å². The summed E-state index contributed by atoms with van der Waals surface area (Å²) in [6.07, 6.45) is 0. The first-order valence-electron chi connectivity index (χ1n) is 9.84. The van der Waals surface area contributed by atoms with Crippen molar-refractivity contribution >= 4 is 13.2 Å². The molecule has 2 atom stereocenters. The number of carbonyl (C=O) groups excluding carboxylic acids is 1. The van der Waals surface area contributed by atoms with Gasteiger partial charge in [-0.05, 0) is 25.0 Å². The van der Waals surface area contributed by atoms with Crippen molar-refractivity contribution in [3.8, 4) is 0 Å². The van der Waals surface area contributed by atoms with Crippen LogP contribution in [0.1, 0.15) is 25.0 Å². The monoisotopic (exact) mass is 374 g/mol. The number of nitrogens with one attached hydrogen (secondary N) is 1. The van der Waals surface area contributed by atoms with Crippen LogP contribution in [0.3, 0.4) is 0 Å². The van der Waals surface area contributed by atoms with Crippen LogP contribution >= 0.6 is 0 Å². The maximum atomic E-state index is 11.4. The Morgan fingerprint density at radius 3 is 2.44 bits per heavy atom. The second-order valence-electron chi connectivity index (χ2n) is 7.81. The van der Waals surface area contributed by atoms with Gasteiger partial charge in [-0.3, -0.25) is 19.8 Å². The summed E-state index contributed by atoms with van der Waals surface area (Å²) in [4.78, 5) is 18.5. The average molecular weight is 374 g/mol. The number of piperazine rings is 1. The SMILES string of the molecule is C[C@@H]1CN(BC(=O)NO)C[C@H](C)N1Cc1cccc(CN2CCOCC2)c1. The van der Waals surface area contributed by atoms with Crippen molar-refractivity contribution in [3.63, 3.8) is 0 Å². The zero-order chi connectivity index (χ0) is 19.2. The number of hydrogen-bond acceptors (Lipinski definition) is 6. The molecule has 2 N–H and O–H groups in total. The van der Waals surface area contributed by atoms with Gasteiger partial charge >= 0.3 is 7.41 Å². The lowest BCUT2D eigenvalue weighted by molar-refractivity contribution is 0.0341. The first kappa shape index (κ1) is 20.3. The Hall–Kier alpha value is -1.45. The number of rotatable bonds is 6. The molecule has 8 heteroatoms. The highest BCUT2D eigenvalue weighted by Crippen LogP contribution is 2.20. The molecule has 3 rings (SSSR count). The summed E-state index contributed by atoms with van der Waals surface area (Å²) in [6.45, 7) is 11.6. The van der Waals surface area contributed by atoms with E-state index in [1.54, 1.807) is 5.48 Å². The van der Waals surface area contributed by atoms with E-state index >= 15 is 0 Å². The van der Waals surface area contributed by atoms with E-state index in [-0.39, 0.29) is 13.2 Å². The molecule has 2 fully saturated rings. The van der Waals surface area contributed by atoms with Crippen molar-refractivity contribution in [3.05, 3.63) is 35.4 Å². The maximum Gasteiger partial charge on any atom is 0.317 e. The van der Waals surface area contributed by atoms with Crippen molar-refractivity contribution in [1.82, 2.24) is 20.1 Å². The van der Waals surface area contributed by atoms with Crippen LogP contribution in [0.25, 0.3) is 0 Å². The molecule has 148 valence electrons. The van der Waals surface area contributed by atoms with Gasteiger partial charge in [-0.25, -0.2) is 5.48 Å². The van der Waals surface area contributed by atoms with Crippen LogP contribution in [0.15, 0.2) is 24.3 Å². The van der Waals surface area contributed by atoms with Gasteiger partial charge in [-0.1, -0.05) is 24.3 Å². The first-order chi connectivity index (χ1) is 13.0. The normalized spacial score (nSPS) is 25.3. The predicted molar refractivity (Wildman–Crippen MR) is 106 cm³/mol. The van der Waals surface area contributed by atoms with Crippen LogP contribution in [0.5, 0.6) is 0 Å². The summed E-state index contributed by atoms with van der Waals surface area (Å²) in [5.74, 6) is -0.348. The number of ether oxygens (including phenoxy) is 1. The van der Waals surface area contributed by atoms with Gasteiger partial charge in [0.1, 0.15) is 0 Å². The van der Waals surface area contributed by atoms with Gasteiger partial charge in [-0.2, -0.15) is 0 Å². The minimum Gasteiger partial charge on any atom is -0.379 e. The number of carbonyl (C=O) groups is 1. The van der Waals surface area contributed by atoms with Crippen molar-refractivity contribution in [1.29, 1.82) is 0 Å². The molecule has 0 aromatic heterocycles. The van der Waals surface area contributed by atoms with E-state index in [1.165, 1.54) is 11.1 Å². The van der Waals surface area contributed by atoms with Crippen LogP contribution < -0.4 is 5.48 Å². The minimum absolute atomic E-state index is 0.244. The van der Waals surface area contributed by atoms with Crippen molar-refractivity contribution in [2.45, 2.75) is 39.0 Å². The Morgan fingerprint density at radius 1 is 1.19 bits per heavy atom. The third kappa shape index (κ3) is 5.76. The zero-order valence-electron chi connectivity index (χ0n) is 16.4. The molecule has 2 aliphatic rings. The average Bonchev–Trinajstić information content (AvgIpc) is 2.66. The second kappa shape index (κ2) is 9.66. The third-order valence-electron chi connectivity index (χ3n) is 5.54. The first-order valence-corrected chi connectivity index (χ1v) is 9.84. The molecule has 0 bridgehead atoms. The fraction of sp³-hybridized carbons (Fsp3) is 0.632. The number of hydroxylamine groups is 1. The molecule has 0 spiro atoms. The molecule has 2 heterocycles. The summed E-state index contributed by atoms with van der Waals surface area (Å²) >= 11 is 0. The minimum atomic E-state index is -0.348. The predicted octanol–water partition coefficient (Wildman–Crippen LogP) is 0.864. The third-order valence-corrected chi connectivity index (χ3v) is 5.54. The highest BCUT2D eigenvalue weighted by atomic mass is 16.5. The molecule has 1 aromatic rings. The number of benzene rings is 1. The summed E-state index contributed by atoms with van der Waals surface area (Å²) in [7, 11) is 0.244. The van der Waals surface area contributed by atoms with Crippen LogP contribution in [0, 0.1) is 0 Å². The molecule has 27 heavy (non-hydrogen) atoms. The molecule has 7 nitrogen and oxygen atoms in total. The largest absolute Gasteiger partial charge is 0.379 e. The van der Waals surface area contributed by atoms with Crippen molar-refractivity contribution in [2.24, 2.45) is 0 Å². The molecule has 0 unspecified atom stereocenters. The van der Waals surface area contributed by atoms with E-state index in [4.69, 9.17) is 9.94 Å². The Kier molecular flexibility index (Phi) is 7.26. The molecule has 0 radical (unpaired) electrons. The van der Waals surface area contributed by atoms with Crippen LogP contribution in [0.2, 0.25) is 0 Å². The number of hydrogen-bond donors (Lipinski definition) is 2. The second-order valence-corrected chi connectivity index (χ2v) is 7.81. The number of amides is 1. The van der Waals surface area contributed by atoms with E-state index < -0.39 is 0 Å². The van der Waals surface area contributed by atoms with E-state index in [0.29, 0.717) is 12.1 Å². The molecule has 0 aliphatic carbocycles. The number of nitrogens with zero attached hydrogens (tertiary/aromatic N) is 3. The van der Waals surface area contributed by atoms with Gasteiger partial charge in [-0.15, -0.1) is 0 Å². The van der Waals surface area contributed by atoms with Gasteiger partial charge in [0.25, 0.3) is 0 Å². The lowest BCUT2D eigenvalue weighted by atomic mass is 9.87. The van der Waals surface area contributed by atoms with Gasteiger partial charge < -0.3 is 9.55 Å². The molecule has 0 saturated carbocycles. The quantitative estimate of drug-likeness (QED) is 0.438. The van der Waals surface area contributed by atoms with Crippen molar-refractivity contribution < 1.29 is 14.7 Å². The highest BCUT2D eigenvalue weighted by molar-refractivity contribution is 6.71. The van der Waals surface area contributed by atoms with Crippen LogP contribution in [0.4, 0.5) is 4.79 Å². The molecule has 1 amide bonds. The summed E-state index contributed by atoms with van der Waals surface area (Å²) < 4.78 is 5.43. The molecule has 1 aromatic carbocycles. The topological polar surface area (TPSA) is 68.3 Å². The summed E-state index contributed by atoms with van der Waals surface area (Å²) in [6, 6.07) is 9.58. The van der Waals surface area contributed by atoms with Gasteiger partial charge in [0.05, 0.1) is 13.2 Å². The number of morpholine rings is 1. The van der Waals surface area contributed by atoms with Gasteiger partial charge in [0.15, 0.2) is 0 Å². The van der Waals surface area contributed by atoms with E-state index in [1.807, 2.05) is 0 Å². The lowest BCUT2D eigenvalue weighted by Gasteiger charge is -2.44. The fourth-order valence-corrected chi connectivity index (χ4v) is 4.20. The zero-order valence-corrected chi connectivity index (χ0v) is 16.4. The van der Waals surface area contributed by atoms with E-state index in [2.05, 4.69) is 52.7 Å². The molecule has 2 aliphatic heterocycles. The Morgan fingerprint density at radius 2 is 1.81 bits per heavy atom. The Bertz CT molecular complexity index is 615. The van der Waals surface area contributed by atoms with Crippen LogP contribution in [-0.2, 0) is 17.8 Å². The molecule has 2 saturated heterocycles. The highest BCUT2D eigenvalue weighted by Gasteiger charge is 2.30. The Balaban J connectivity index is 1.58. The van der Waals surface area contributed by atoms with E-state index in [9.17, 15) is 4.79 Å². The summed E-state index contributed by atoms with van der Waals surface area (Å²) in [5, 5.41) is 8.74. The van der Waals surface area contributed by atoms with Gasteiger partial charge in [0.2, 0.25) is 5.81 Å². The fourth-order valence-electron chi connectivity index (χ4n) is 4.20. The van der Waals surface area contributed by atoms with Crippen molar-refractivity contribution in [2.75, 3.05) is 39.4 Å². The molecular weight excluding hydrogens is 343 g/mol. The molecular formula is C19H31BN4O3. The van der Waals surface area contributed by atoms with Crippen LogP contribution in [-0.4, -0.2) is 84.5 Å². The van der Waals surface area contributed by atoms with E-state index in [0.717, 1.165) is 52.5 Å². The standard InChI is InChI=1S/C19H31BN4O3/c1-15-11-23(20-19(25)21-26)12-16(2)24(15)14-18-5-3-4-17(10-18)13-22-6-8-27-9-7-22/h3-5,10,15-16,20,26H,6-9,11-14H2,1-2H3,(H,21,25)/t15-,16+. The summed E-state index contributed by atoms with van der Waals surface area (Å²) in [5.41, 5.74) is 4.42.